The van der Waals surface area contributed by atoms with Crippen LogP contribution in [0.2, 0.25) is 10.0 Å². The van der Waals surface area contributed by atoms with Crippen molar-refractivity contribution in [3.05, 3.63) is 63.9 Å². The number of amides is 1. The normalized spacial score (nSPS) is 14.4. The van der Waals surface area contributed by atoms with E-state index in [0.717, 1.165) is 23.4 Å². The van der Waals surface area contributed by atoms with Crippen molar-refractivity contribution in [3.8, 4) is 28.6 Å². The molecule has 4 rings (SSSR count). The molecule has 11 nitrogen and oxygen atoms in total. The molecule has 0 spiro atoms. The van der Waals surface area contributed by atoms with Crippen LogP contribution >= 0.6 is 23.2 Å². The van der Waals surface area contributed by atoms with Gasteiger partial charge in [-0.1, -0.05) is 29.3 Å². The second-order valence-corrected chi connectivity index (χ2v) is 13.8. The van der Waals surface area contributed by atoms with Crippen molar-refractivity contribution in [3.63, 3.8) is 0 Å². The number of alkyl halides is 10. The molecule has 0 N–H and O–H groups in total. The van der Waals surface area contributed by atoms with E-state index in [9.17, 15) is 63.5 Å². The highest BCUT2D eigenvalue weighted by molar-refractivity contribution is 6.34. The van der Waals surface area contributed by atoms with Crippen LogP contribution in [0.25, 0.3) is 16.8 Å². The van der Waals surface area contributed by atoms with E-state index in [0.29, 0.717) is 4.68 Å². The molecule has 23 heteroatoms. The number of hydrogen-bond acceptors (Lipinski definition) is 9. The number of esters is 1. The summed E-state index contributed by atoms with van der Waals surface area (Å²) in [5, 5.41) is 12.1. The van der Waals surface area contributed by atoms with Gasteiger partial charge in [0.1, 0.15) is 23.4 Å². The average molecular weight is 851 g/mol. The molecule has 0 unspecified atom stereocenters. The largest absolute Gasteiger partial charge is 0.573 e. The Kier molecular flexibility index (Phi) is 12.1. The van der Waals surface area contributed by atoms with E-state index in [1.807, 2.05) is 6.07 Å². The Morgan fingerprint density at radius 2 is 1.54 bits per heavy atom. The molecule has 0 saturated heterocycles. The SMILES string of the molecule is CC(C)(C)OC(=O)CCOC(=O)OCN(C(=O)c1cc(-c2cnn(-c3c(Cl)cc(C(F)(C(F)(F)F)C(F)(F)F)cc3OC(F)(F)F)c2)ccc1Cl)C1(C#N)CC1. The molecule has 1 heterocycles. The van der Waals surface area contributed by atoms with Crippen LogP contribution in [-0.4, -0.2) is 75.9 Å². The Morgan fingerprint density at radius 3 is 2.07 bits per heavy atom. The molecule has 0 atom stereocenters. The summed E-state index contributed by atoms with van der Waals surface area (Å²) in [6.07, 6.45) is -18.6. The Labute approximate surface area is 319 Å². The van der Waals surface area contributed by atoms with Crippen molar-refractivity contribution in [2.75, 3.05) is 13.3 Å². The molecular weight excluding hydrogens is 825 g/mol. The molecule has 0 radical (unpaired) electrons. The molecule has 3 aromatic rings. The lowest BCUT2D eigenvalue weighted by Gasteiger charge is -2.31. The first kappa shape index (κ1) is 43.8. The molecular formula is C33H26Cl2F10N4O7. The van der Waals surface area contributed by atoms with Crippen LogP contribution in [0.15, 0.2) is 42.7 Å². The highest BCUT2D eigenvalue weighted by Gasteiger charge is 2.73. The number of carbonyl (C=O) groups excluding carboxylic acids is 3. The van der Waals surface area contributed by atoms with Gasteiger partial charge < -0.3 is 18.9 Å². The Bertz CT molecular complexity index is 2020. The van der Waals surface area contributed by atoms with Gasteiger partial charge in [0, 0.05) is 17.3 Å². The lowest BCUT2D eigenvalue weighted by Crippen LogP contribution is -2.50. The van der Waals surface area contributed by atoms with Crippen LogP contribution in [0, 0.1) is 11.3 Å². The number of benzene rings is 2. The highest BCUT2D eigenvalue weighted by atomic mass is 35.5. The van der Waals surface area contributed by atoms with Crippen molar-refractivity contribution in [1.82, 2.24) is 14.7 Å². The number of nitriles is 1. The van der Waals surface area contributed by atoms with Crippen LogP contribution in [0.4, 0.5) is 48.7 Å². The zero-order valence-corrected chi connectivity index (χ0v) is 30.3. The molecule has 1 aliphatic carbocycles. The van der Waals surface area contributed by atoms with Gasteiger partial charge in [-0.2, -0.15) is 36.7 Å². The summed E-state index contributed by atoms with van der Waals surface area (Å²) < 4.78 is 155. The van der Waals surface area contributed by atoms with Crippen LogP contribution in [-0.2, 0) is 24.7 Å². The zero-order chi connectivity index (χ0) is 42.2. The maximum Gasteiger partial charge on any atom is 0.573 e. The molecule has 1 fully saturated rings. The summed E-state index contributed by atoms with van der Waals surface area (Å²) in [7, 11) is 0. The smallest absolute Gasteiger partial charge is 0.460 e. The molecule has 1 amide bonds. The van der Waals surface area contributed by atoms with Crippen LogP contribution in [0.1, 0.15) is 56.0 Å². The van der Waals surface area contributed by atoms with Gasteiger partial charge in [0.15, 0.2) is 12.5 Å². The van der Waals surface area contributed by atoms with Gasteiger partial charge in [0.05, 0.1) is 34.3 Å². The van der Waals surface area contributed by atoms with Gasteiger partial charge in [-0.15, -0.1) is 13.2 Å². The fourth-order valence-electron chi connectivity index (χ4n) is 5.00. The first-order valence-electron chi connectivity index (χ1n) is 15.6. The van der Waals surface area contributed by atoms with E-state index in [2.05, 4.69) is 9.84 Å². The van der Waals surface area contributed by atoms with Crippen LogP contribution < -0.4 is 4.74 Å². The Balaban J connectivity index is 1.65. The minimum absolute atomic E-state index is 0.0381. The highest BCUT2D eigenvalue weighted by Crippen LogP contribution is 2.55. The number of rotatable bonds is 11. The van der Waals surface area contributed by atoms with E-state index in [-0.39, 0.29) is 47.0 Å². The van der Waals surface area contributed by atoms with Crippen LogP contribution in [0.5, 0.6) is 5.75 Å². The van der Waals surface area contributed by atoms with Gasteiger partial charge in [0.2, 0.25) is 0 Å². The predicted molar refractivity (Wildman–Crippen MR) is 172 cm³/mol. The third kappa shape index (κ3) is 9.69. The quantitative estimate of drug-likeness (QED) is 0.105. The van der Waals surface area contributed by atoms with Gasteiger partial charge in [-0.25, -0.2) is 13.9 Å². The van der Waals surface area contributed by atoms with E-state index in [1.165, 1.54) is 12.1 Å². The molecule has 1 aliphatic rings. The zero-order valence-electron chi connectivity index (χ0n) is 28.8. The molecule has 0 aliphatic heterocycles. The van der Waals surface area contributed by atoms with E-state index in [1.54, 1.807) is 20.8 Å². The monoisotopic (exact) mass is 850 g/mol. The Morgan fingerprint density at radius 1 is 0.911 bits per heavy atom. The van der Waals surface area contributed by atoms with Crippen LogP contribution in [0.3, 0.4) is 0 Å². The lowest BCUT2D eigenvalue weighted by molar-refractivity contribution is -0.348. The summed E-state index contributed by atoms with van der Waals surface area (Å²) in [5.41, 5.74) is -12.1. The summed E-state index contributed by atoms with van der Waals surface area (Å²) in [6.45, 7) is 3.62. The molecule has 1 saturated carbocycles. The maximum absolute atomic E-state index is 14.8. The van der Waals surface area contributed by atoms with Gasteiger partial charge in [-0.05, 0) is 63.4 Å². The van der Waals surface area contributed by atoms with E-state index >= 15 is 0 Å². The average Bonchev–Trinajstić information content (AvgIpc) is 3.69. The minimum Gasteiger partial charge on any atom is -0.460 e. The Hall–Kier alpha value is -4.97. The van der Waals surface area contributed by atoms with Gasteiger partial charge in [0.25, 0.3) is 5.91 Å². The van der Waals surface area contributed by atoms with E-state index < -0.39 is 95.0 Å². The van der Waals surface area contributed by atoms with Gasteiger partial charge >= 0.3 is 36.5 Å². The lowest BCUT2D eigenvalue weighted by atomic mass is 9.93. The molecule has 56 heavy (non-hydrogen) atoms. The topological polar surface area (TPSA) is 133 Å². The number of ether oxygens (including phenoxy) is 4. The standard InChI is InChI=1S/C33H26Cl2F10N4O7/c1-28(2,3)56-24(50)6-9-53-27(52)54-16-48(29(15-46)7-8-29)26(51)20-10-17(4-5-21(20)34)18-13-47-49(14-18)25-22(35)11-19(12-23(25)55-33(43,44)45)30(36,31(37,38)39)32(40,41)42/h4-5,10-14H,6-9,16H2,1-3H3. The summed E-state index contributed by atoms with van der Waals surface area (Å²) in [6, 6.07) is 4.90. The number of nitrogens with zero attached hydrogens (tertiary/aromatic N) is 4. The summed E-state index contributed by atoms with van der Waals surface area (Å²) in [4.78, 5) is 38.8. The third-order valence-electron chi connectivity index (χ3n) is 7.73. The second kappa shape index (κ2) is 15.5. The number of carbonyl (C=O) groups is 3. The minimum atomic E-state index is -6.70. The fraction of sp³-hybridized carbons (Fsp3) is 0.424. The number of halogens is 12. The van der Waals surface area contributed by atoms with Gasteiger partial charge in [-0.3, -0.25) is 14.5 Å². The first-order chi connectivity index (χ1) is 25.6. The van der Waals surface area contributed by atoms with Crippen molar-refractivity contribution in [1.29, 1.82) is 5.26 Å². The van der Waals surface area contributed by atoms with E-state index in [4.69, 9.17) is 37.4 Å². The van der Waals surface area contributed by atoms with Crippen molar-refractivity contribution >= 4 is 41.2 Å². The van der Waals surface area contributed by atoms with Crippen molar-refractivity contribution in [2.24, 2.45) is 0 Å². The predicted octanol–water partition coefficient (Wildman–Crippen LogP) is 9.37. The maximum atomic E-state index is 14.8. The first-order valence-corrected chi connectivity index (χ1v) is 16.4. The van der Waals surface area contributed by atoms with Crippen molar-refractivity contribution < 1.29 is 77.2 Å². The third-order valence-corrected chi connectivity index (χ3v) is 8.34. The van der Waals surface area contributed by atoms with Crippen molar-refractivity contribution in [2.45, 2.75) is 75.6 Å². The molecule has 2 aromatic carbocycles. The fourth-order valence-corrected chi connectivity index (χ4v) is 5.50. The summed E-state index contributed by atoms with van der Waals surface area (Å²) >= 11 is 12.2. The number of aromatic nitrogens is 2. The summed E-state index contributed by atoms with van der Waals surface area (Å²) in [5.74, 6) is -3.41. The second-order valence-electron chi connectivity index (χ2n) is 13.0. The molecule has 0 bridgehead atoms. The molecule has 1 aromatic heterocycles. The molecule has 304 valence electrons. The number of hydrogen-bond donors (Lipinski definition) is 0.